The topological polar surface area (TPSA) is 21.3 Å². The van der Waals surface area contributed by atoms with Crippen LogP contribution in [0.1, 0.15) is 39.5 Å². The molecule has 0 aromatic rings. The Labute approximate surface area is 98.7 Å². The molecule has 0 bridgehead atoms. The molecular weight excluding hydrogens is 210 g/mol. The Morgan fingerprint density at radius 2 is 2.27 bits per heavy atom. The monoisotopic (exact) mass is 233 g/mol. The van der Waals surface area contributed by atoms with Gasteiger partial charge in [-0.15, -0.1) is 11.6 Å². The highest BCUT2D eigenvalue weighted by molar-refractivity contribution is 6.17. The molecule has 2 atom stereocenters. The largest absolute Gasteiger partial charge is 0.378 e. The first-order valence-corrected chi connectivity index (χ1v) is 6.68. The number of alkyl halides is 1. The van der Waals surface area contributed by atoms with Crippen molar-refractivity contribution in [2.75, 3.05) is 19.0 Å². The van der Waals surface area contributed by atoms with Gasteiger partial charge >= 0.3 is 0 Å². The normalized spacial score (nSPS) is 23.6. The molecule has 0 aromatic heterocycles. The Balaban J connectivity index is 2.09. The summed E-state index contributed by atoms with van der Waals surface area (Å²) in [4.78, 5) is 0. The average Bonchev–Trinajstić information content (AvgIpc) is 2.69. The van der Waals surface area contributed by atoms with Crippen molar-refractivity contribution < 1.29 is 4.74 Å². The maximum Gasteiger partial charge on any atom is 0.0588 e. The SMILES string of the molecule is CC(C)C(CCCl)NCCC1CCCO1. The third-order valence-corrected chi connectivity index (χ3v) is 3.34. The van der Waals surface area contributed by atoms with E-state index < -0.39 is 0 Å². The van der Waals surface area contributed by atoms with Crippen LogP contribution in [-0.2, 0) is 4.74 Å². The summed E-state index contributed by atoms with van der Waals surface area (Å²) in [6.45, 7) is 6.51. The van der Waals surface area contributed by atoms with E-state index in [1.807, 2.05) is 0 Å². The third kappa shape index (κ3) is 5.19. The fourth-order valence-electron chi connectivity index (χ4n) is 2.09. The van der Waals surface area contributed by atoms with Gasteiger partial charge in [0.05, 0.1) is 6.10 Å². The standard InChI is InChI=1S/C12H24ClNO/c1-10(2)12(5-7-13)14-8-6-11-4-3-9-15-11/h10-12,14H,3-9H2,1-2H3. The molecule has 2 nitrogen and oxygen atoms in total. The van der Waals surface area contributed by atoms with E-state index in [1.54, 1.807) is 0 Å². The van der Waals surface area contributed by atoms with Crippen molar-refractivity contribution in [2.45, 2.75) is 51.7 Å². The molecule has 0 amide bonds. The summed E-state index contributed by atoms with van der Waals surface area (Å²) in [5.41, 5.74) is 0. The lowest BCUT2D eigenvalue weighted by Gasteiger charge is -2.22. The second-order valence-electron chi connectivity index (χ2n) is 4.71. The van der Waals surface area contributed by atoms with Crippen LogP contribution in [0.4, 0.5) is 0 Å². The zero-order chi connectivity index (χ0) is 11.1. The van der Waals surface area contributed by atoms with Crippen molar-refractivity contribution in [1.82, 2.24) is 5.32 Å². The molecule has 0 saturated carbocycles. The number of hydrogen-bond donors (Lipinski definition) is 1. The van der Waals surface area contributed by atoms with Gasteiger partial charge in [-0.3, -0.25) is 0 Å². The zero-order valence-corrected chi connectivity index (χ0v) is 10.7. The number of rotatable bonds is 7. The molecule has 3 heteroatoms. The maximum atomic E-state index is 5.78. The minimum atomic E-state index is 0.501. The van der Waals surface area contributed by atoms with Gasteiger partial charge in [-0.1, -0.05) is 13.8 Å². The molecule has 0 aromatic carbocycles. The Hall–Kier alpha value is 0.210. The van der Waals surface area contributed by atoms with Gasteiger partial charge in [0, 0.05) is 18.5 Å². The minimum Gasteiger partial charge on any atom is -0.378 e. The van der Waals surface area contributed by atoms with Crippen LogP contribution in [0.5, 0.6) is 0 Å². The highest BCUT2D eigenvalue weighted by atomic mass is 35.5. The molecular formula is C12H24ClNO. The minimum absolute atomic E-state index is 0.501. The van der Waals surface area contributed by atoms with E-state index in [0.29, 0.717) is 18.1 Å². The summed E-state index contributed by atoms with van der Waals surface area (Å²) >= 11 is 5.78. The molecule has 1 N–H and O–H groups in total. The van der Waals surface area contributed by atoms with E-state index in [0.717, 1.165) is 31.9 Å². The van der Waals surface area contributed by atoms with Crippen molar-refractivity contribution in [1.29, 1.82) is 0 Å². The highest BCUT2D eigenvalue weighted by Crippen LogP contribution is 2.15. The smallest absolute Gasteiger partial charge is 0.0588 e. The van der Waals surface area contributed by atoms with E-state index in [4.69, 9.17) is 16.3 Å². The number of ether oxygens (including phenoxy) is 1. The third-order valence-electron chi connectivity index (χ3n) is 3.12. The summed E-state index contributed by atoms with van der Waals surface area (Å²) in [7, 11) is 0. The molecule has 90 valence electrons. The van der Waals surface area contributed by atoms with Crippen molar-refractivity contribution in [3.05, 3.63) is 0 Å². The molecule has 1 saturated heterocycles. The first-order valence-electron chi connectivity index (χ1n) is 6.15. The molecule has 2 unspecified atom stereocenters. The van der Waals surface area contributed by atoms with Gasteiger partial charge < -0.3 is 10.1 Å². The van der Waals surface area contributed by atoms with E-state index in [1.165, 1.54) is 12.8 Å². The van der Waals surface area contributed by atoms with Gasteiger partial charge in [-0.05, 0) is 38.1 Å². The van der Waals surface area contributed by atoms with Crippen molar-refractivity contribution in [3.8, 4) is 0 Å². The molecule has 0 radical (unpaired) electrons. The lowest BCUT2D eigenvalue weighted by molar-refractivity contribution is 0.103. The van der Waals surface area contributed by atoms with Gasteiger partial charge in [0.25, 0.3) is 0 Å². The fraction of sp³-hybridized carbons (Fsp3) is 1.00. The fourth-order valence-corrected chi connectivity index (χ4v) is 2.33. The van der Waals surface area contributed by atoms with Crippen LogP contribution in [0.3, 0.4) is 0 Å². The van der Waals surface area contributed by atoms with Gasteiger partial charge in [0.1, 0.15) is 0 Å². The van der Waals surface area contributed by atoms with Crippen LogP contribution >= 0.6 is 11.6 Å². The Morgan fingerprint density at radius 1 is 1.47 bits per heavy atom. The molecule has 1 aliphatic rings. The van der Waals surface area contributed by atoms with Crippen LogP contribution in [0.2, 0.25) is 0 Å². The molecule has 15 heavy (non-hydrogen) atoms. The molecule has 1 rings (SSSR count). The lowest BCUT2D eigenvalue weighted by atomic mass is 10.0. The van der Waals surface area contributed by atoms with E-state index in [2.05, 4.69) is 19.2 Å². The van der Waals surface area contributed by atoms with Gasteiger partial charge in [0.15, 0.2) is 0 Å². The van der Waals surface area contributed by atoms with Crippen LogP contribution in [0, 0.1) is 5.92 Å². The number of nitrogens with one attached hydrogen (secondary N) is 1. The lowest BCUT2D eigenvalue weighted by Crippen LogP contribution is -2.36. The summed E-state index contributed by atoms with van der Waals surface area (Å²) in [5.74, 6) is 1.41. The van der Waals surface area contributed by atoms with Gasteiger partial charge in [0.2, 0.25) is 0 Å². The Morgan fingerprint density at radius 3 is 2.80 bits per heavy atom. The predicted molar refractivity (Wildman–Crippen MR) is 65.6 cm³/mol. The molecule has 1 fully saturated rings. The van der Waals surface area contributed by atoms with Crippen molar-refractivity contribution in [2.24, 2.45) is 5.92 Å². The predicted octanol–water partition coefficient (Wildman–Crippen LogP) is 2.80. The van der Waals surface area contributed by atoms with E-state index in [9.17, 15) is 0 Å². The highest BCUT2D eigenvalue weighted by Gasteiger charge is 2.16. The quantitative estimate of drug-likeness (QED) is 0.683. The summed E-state index contributed by atoms with van der Waals surface area (Å²) in [6.07, 6.45) is 5.18. The number of hydrogen-bond acceptors (Lipinski definition) is 2. The van der Waals surface area contributed by atoms with Gasteiger partial charge in [-0.2, -0.15) is 0 Å². The Bertz CT molecular complexity index is 158. The van der Waals surface area contributed by atoms with Crippen LogP contribution in [0.25, 0.3) is 0 Å². The molecule has 0 spiro atoms. The first kappa shape index (κ1) is 13.3. The second kappa shape index (κ2) is 7.48. The van der Waals surface area contributed by atoms with Crippen LogP contribution in [-0.4, -0.2) is 31.2 Å². The van der Waals surface area contributed by atoms with E-state index in [-0.39, 0.29) is 0 Å². The average molecular weight is 234 g/mol. The second-order valence-corrected chi connectivity index (χ2v) is 5.08. The molecule has 1 aliphatic heterocycles. The summed E-state index contributed by atoms with van der Waals surface area (Å²) < 4.78 is 5.59. The van der Waals surface area contributed by atoms with Gasteiger partial charge in [-0.25, -0.2) is 0 Å². The first-order chi connectivity index (χ1) is 7.24. The summed E-state index contributed by atoms with van der Waals surface area (Å²) in [6, 6.07) is 0.559. The number of halogens is 1. The van der Waals surface area contributed by atoms with Crippen LogP contribution < -0.4 is 5.32 Å². The van der Waals surface area contributed by atoms with Crippen molar-refractivity contribution in [3.63, 3.8) is 0 Å². The summed E-state index contributed by atoms with van der Waals surface area (Å²) in [5, 5.41) is 3.58. The van der Waals surface area contributed by atoms with Crippen LogP contribution in [0.15, 0.2) is 0 Å². The van der Waals surface area contributed by atoms with Crippen molar-refractivity contribution >= 4 is 11.6 Å². The molecule has 0 aliphatic carbocycles. The maximum absolute atomic E-state index is 5.78. The Kier molecular flexibility index (Phi) is 6.62. The zero-order valence-electron chi connectivity index (χ0n) is 9.97. The molecule has 1 heterocycles. The van der Waals surface area contributed by atoms with E-state index >= 15 is 0 Å².